The zero-order chi connectivity index (χ0) is 14.1. The third-order valence-corrected chi connectivity index (χ3v) is 3.71. The van der Waals surface area contributed by atoms with Crippen molar-refractivity contribution in [2.24, 2.45) is 7.05 Å². The van der Waals surface area contributed by atoms with E-state index in [-0.39, 0.29) is 0 Å². The molecule has 102 valence electrons. The molecule has 1 unspecified atom stereocenters. The van der Waals surface area contributed by atoms with Crippen molar-refractivity contribution in [3.63, 3.8) is 0 Å². The van der Waals surface area contributed by atoms with Gasteiger partial charge in [0, 0.05) is 31.2 Å². The van der Waals surface area contributed by atoms with E-state index in [0.717, 1.165) is 16.5 Å². The molecule has 2 aromatic heterocycles. The molecule has 0 spiro atoms. The smallest absolute Gasteiger partial charge is 0.102 e. The molecular weight excluding hydrogens is 274 g/mol. The Morgan fingerprint density at radius 3 is 2.90 bits per heavy atom. The summed E-state index contributed by atoms with van der Waals surface area (Å²) in [5.41, 5.74) is 2.54. The second-order valence-corrected chi connectivity index (χ2v) is 5.12. The number of hydrogen-bond donors (Lipinski definition) is 1. The van der Waals surface area contributed by atoms with Crippen molar-refractivity contribution in [3.05, 3.63) is 59.0 Å². The predicted molar refractivity (Wildman–Crippen MR) is 78.6 cm³/mol. The Bertz CT molecular complexity index is 754. The van der Waals surface area contributed by atoms with Crippen LogP contribution in [0.15, 0.2) is 42.7 Å². The highest BCUT2D eigenvalue weighted by Crippen LogP contribution is 2.27. The molecule has 0 fully saturated rings. The van der Waals surface area contributed by atoms with Crippen LogP contribution in [0.1, 0.15) is 17.4 Å². The van der Waals surface area contributed by atoms with Gasteiger partial charge in [-0.2, -0.15) is 5.10 Å². The number of pyridine rings is 1. The Morgan fingerprint density at radius 2 is 2.10 bits per heavy atom. The summed E-state index contributed by atoms with van der Waals surface area (Å²) >= 11 is 6.08. The quantitative estimate of drug-likeness (QED) is 0.806. The molecule has 1 aromatic carbocycles. The summed E-state index contributed by atoms with van der Waals surface area (Å²) in [6.07, 6.45) is 2.98. The van der Waals surface area contributed by atoms with E-state index in [2.05, 4.69) is 10.1 Å². The molecule has 5 heteroatoms. The second-order valence-electron chi connectivity index (χ2n) is 4.71. The molecule has 20 heavy (non-hydrogen) atoms. The number of rotatable bonds is 3. The summed E-state index contributed by atoms with van der Waals surface area (Å²) in [6.45, 7) is 0. The van der Waals surface area contributed by atoms with E-state index < -0.39 is 6.10 Å². The average Bonchev–Trinajstić information content (AvgIpc) is 2.79. The number of benzene rings is 1. The fraction of sp³-hybridized carbons (Fsp3) is 0.200. The molecule has 0 radical (unpaired) electrons. The van der Waals surface area contributed by atoms with Gasteiger partial charge >= 0.3 is 0 Å². The maximum absolute atomic E-state index is 10.5. The number of aliphatic hydroxyl groups excluding tert-OH is 1. The summed E-state index contributed by atoms with van der Waals surface area (Å²) < 4.78 is 1.78. The highest BCUT2D eigenvalue weighted by molar-refractivity contribution is 6.31. The molecule has 4 nitrogen and oxygen atoms in total. The van der Waals surface area contributed by atoms with Crippen molar-refractivity contribution >= 4 is 22.5 Å². The zero-order valence-electron chi connectivity index (χ0n) is 11.0. The Balaban J connectivity index is 1.97. The molecule has 0 aliphatic carbocycles. The normalized spacial score (nSPS) is 12.8. The van der Waals surface area contributed by atoms with Gasteiger partial charge in [-0.05, 0) is 17.7 Å². The van der Waals surface area contributed by atoms with Crippen LogP contribution in [-0.4, -0.2) is 19.9 Å². The van der Waals surface area contributed by atoms with Crippen LogP contribution < -0.4 is 0 Å². The Labute approximate surface area is 121 Å². The predicted octanol–water partition coefficient (Wildman–Crippen LogP) is 2.90. The highest BCUT2D eigenvalue weighted by atomic mass is 35.5. The first-order valence-corrected chi connectivity index (χ1v) is 6.72. The van der Waals surface area contributed by atoms with E-state index in [4.69, 9.17) is 11.6 Å². The van der Waals surface area contributed by atoms with Gasteiger partial charge in [0.2, 0.25) is 0 Å². The topological polar surface area (TPSA) is 50.9 Å². The molecule has 0 saturated heterocycles. The van der Waals surface area contributed by atoms with E-state index in [1.54, 1.807) is 17.1 Å². The number of aryl methyl sites for hydroxylation is 1. The maximum Gasteiger partial charge on any atom is 0.102 e. The lowest BCUT2D eigenvalue weighted by Gasteiger charge is -2.09. The molecule has 3 rings (SSSR count). The van der Waals surface area contributed by atoms with Gasteiger partial charge in [-0.15, -0.1) is 0 Å². The minimum atomic E-state index is -0.694. The zero-order valence-corrected chi connectivity index (χ0v) is 11.7. The van der Waals surface area contributed by atoms with Gasteiger partial charge in [-0.25, -0.2) is 0 Å². The third-order valence-electron chi connectivity index (χ3n) is 3.37. The van der Waals surface area contributed by atoms with Crippen LogP contribution in [0.4, 0.5) is 0 Å². The number of hydrogen-bond acceptors (Lipinski definition) is 3. The van der Waals surface area contributed by atoms with E-state index >= 15 is 0 Å². The van der Waals surface area contributed by atoms with Gasteiger partial charge in [-0.3, -0.25) is 9.67 Å². The van der Waals surface area contributed by atoms with E-state index in [0.29, 0.717) is 17.1 Å². The van der Waals surface area contributed by atoms with Crippen LogP contribution in [-0.2, 0) is 13.5 Å². The minimum Gasteiger partial charge on any atom is -0.386 e. The van der Waals surface area contributed by atoms with Gasteiger partial charge in [0.05, 0.1) is 16.2 Å². The van der Waals surface area contributed by atoms with Crippen LogP contribution in [0.3, 0.4) is 0 Å². The van der Waals surface area contributed by atoms with Crippen molar-refractivity contribution in [1.82, 2.24) is 14.8 Å². The lowest BCUT2D eigenvalue weighted by molar-refractivity contribution is 0.174. The SMILES string of the molecule is Cn1nc(C(O)Cc2ccncc2Cl)c2ccccc21. The Kier molecular flexibility index (Phi) is 3.42. The second kappa shape index (κ2) is 5.23. The maximum atomic E-state index is 10.5. The Morgan fingerprint density at radius 1 is 1.30 bits per heavy atom. The molecule has 0 saturated carbocycles. The standard InChI is InChI=1S/C15H14ClN3O/c1-19-13-5-3-2-4-11(13)15(18-19)14(20)8-10-6-7-17-9-12(10)16/h2-7,9,14,20H,8H2,1H3. The fourth-order valence-electron chi connectivity index (χ4n) is 2.36. The fourth-order valence-corrected chi connectivity index (χ4v) is 2.56. The van der Waals surface area contributed by atoms with E-state index in [1.807, 2.05) is 37.4 Å². The van der Waals surface area contributed by atoms with Gasteiger partial charge in [0.25, 0.3) is 0 Å². The first kappa shape index (κ1) is 13.1. The van der Waals surface area contributed by atoms with E-state index in [1.165, 1.54) is 0 Å². The Hall–Kier alpha value is -1.91. The van der Waals surface area contributed by atoms with Gasteiger partial charge in [0.15, 0.2) is 0 Å². The van der Waals surface area contributed by atoms with Crippen molar-refractivity contribution < 1.29 is 5.11 Å². The lowest BCUT2D eigenvalue weighted by atomic mass is 10.0. The molecular formula is C15H14ClN3O. The van der Waals surface area contributed by atoms with Crippen LogP contribution in [0.25, 0.3) is 10.9 Å². The molecule has 0 amide bonds. The summed E-state index contributed by atoms with van der Waals surface area (Å²) in [4.78, 5) is 3.95. The van der Waals surface area contributed by atoms with Crippen molar-refractivity contribution in [2.45, 2.75) is 12.5 Å². The molecule has 2 heterocycles. The van der Waals surface area contributed by atoms with Crippen LogP contribution in [0.5, 0.6) is 0 Å². The number of aliphatic hydroxyl groups is 1. The molecule has 1 N–H and O–H groups in total. The number of nitrogens with zero attached hydrogens (tertiary/aromatic N) is 3. The number of halogens is 1. The number of para-hydroxylation sites is 1. The summed E-state index contributed by atoms with van der Waals surface area (Å²) in [5, 5.41) is 16.4. The molecule has 3 aromatic rings. The highest BCUT2D eigenvalue weighted by Gasteiger charge is 2.17. The average molecular weight is 288 g/mol. The first-order chi connectivity index (χ1) is 9.66. The summed E-state index contributed by atoms with van der Waals surface area (Å²) in [6, 6.07) is 9.67. The van der Waals surface area contributed by atoms with Crippen LogP contribution in [0.2, 0.25) is 5.02 Å². The van der Waals surface area contributed by atoms with Crippen LogP contribution in [0, 0.1) is 0 Å². The van der Waals surface area contributed by atoms with Gasteiger partial charge in [0.1, 0.15) is 6.10 Å². The van der Waals surface area contributed by atoms with E-state index in [9.17, 15) is 5.11 Å². The molecule has 0 aliphatic heterocycles. The van der Waals surface area contributed by atoms with Crippen LogP contribution >= 0.6 is 11.6 Å². The molecule has 0 bridgehead atoms. The molecule has 1 atom stereocenters. The first-order valence-electron chi connectivity index (χ1n) is 6.35. The largest absolute Gasteiger partial charge is 0.386 e. The monoisotopic (exact) mass is 287 g/mol. The summed E-state index contributed by atoms with van der Waals surface area (Å²) in [5.74, 6) is 0. The minimum absolute atomic E-state index is 0.419. The van der Waals surface area contributed by atoms with Crippen molar-refractivity contribution in [1.29, 1.82) is 0 Å². The van der Waals surface area contributed by atoms with Gasteiger partial charge in [-0.1, -0.05) is 29.8 Å². The molecule has 0 aliphatic rings. The number of fused-ring (bicyclic) bond motifs is 1. The summed E-state index contributed by atoms with van der Waals surface area (Å²) in [7, 11) is 1.87. The number of aromatic nitrogens is 3. The third kappa shape index (κ3) is 2.28. The lowest BCUT2D eigenvalue weighted by Crippen LogP contribution is -2.04. The van der Waals surface area contributed by atoms with Crippen molar-refractivity contribution in [2.75, 3.05) is 0 Å². The van der Waals surface area contributed by atoms with Gasteiger partial charge < -0.3 is 5.11 Å². The van der Waals surface area contributed by atoms with Crippen molar-refractivity contribution in [3.8, 4) is 0 Å².